The Morgan fingerprint density at radius 1 is 1.21 bits per heavy atom. The van der Waals surface area contributed by atoms with Crippen molar-refractivity contribution in [1.82, 2.24) is 10.6 Å². The first kappa shape index (κ1) is 20.2. The van der Waals surface area contributed by atoms with E-state index in [0.717, 1.165) is 12.0 Å². The molecule has 0 spiro atoms. The van der Waals surface area contributed by atoms with Crippen molar-refractivity contribution in [2.75, 3.05) is 6.54 Å². The van der Waals surface area contributed by atoms with Crippen molar-refractivity contribution in [3.8, 4) is 5.75 Å². The topological polar surface area (TPSA) is 59.6 Å². The Kier molecular flexibility index (Phi) is 7.91. The Balaban J connectivity index is 2.39. The van der Waals surface area contributed by atoms with Gasteiger partial charge in [-0.2, -0.15) is 8.78 Å². The number of carbonyl (C=O) groups is 1. The van der Waals surface area contributed by atoms with E-state index < -0.39 is 18.3 Å². The molecule has 0 aliphatic rings. The third-order valence-corrected chi connectivity index (χ3v) is 3.13. The van der Waals surface area contributed by atoms with E-state index in [1.807, 2.05) is 27.7 Å². The van der Waals surface area contributed by atoms with Gasteiger partial charge in [0.05, 0.1) is 0 Å². The number of nitrogens with one attached hydrogen (secondary N) is 2. The molecule has 0 aromatic heterocycles. The molecule has 1 aromatic carbocycles. The third kappa shape index (κ3) is 8.67. The Bertz CT molecular complexity index is 502. The van der Waals surface area contributed by atoms with E-state index >= 15 is 0 Å². The number of rotatable bonds is 8. The number of carbonyl (C=O) groups excluding carboxylic acids is 1. The van der Waals surface area contributed by atoms with Crippen LogP contribution >= 0.6 is 0 Å². The van der Waals surface area contributed by atoms with Crippen LogP contribution in [-0.2, 0) is 11.3 Å². The van der Waals surface area contributed by atoms with Crippen LogP contribution in [0.5, 0.6) is 5.75 Å². The summed E-state index contributed by atoms with van der Waals surface area (Å²) in [7, 11) is 0. The molecule has 0 saturated heterocycles. The van der Waals surface area contributed by atoms with Gasteiger partial charge in [-0.1, -0.05) is 19.1 Å². The minimum absolute atomic E-state index is 0.0782. The van der Waals surface area contributed by atoms with Crippen molar-refractivity contribution in [1.29, 1.82) is 0 Å². The maximum absolute atomic E-state index is 12.1. The zero-order chi connectivity index (χ0) is 18.2. The van der Waals surface area contributed by atoms with Crippen molar-refractivity contribution in [3.63, 3.8) is 0 Å². The fourth-order valence-electron chi connectivity index (χ4n) is 1.93. The molecule has 0 aliphatic carbocycles. The van der Waals surface area contributed by atoms with Crippen molar-refractivity contribution in [2.24, 2.45) is 0 Å². The summed E-state index contributed by atoms with van der Waals surface area (Å²) in [5, 5.41) is 6.04. The van der Waals surface area contributed by atoms with Crippen molar-refractivity contribution < 1.29 is 23.0 Å². The van der Waals surface area contributed by atoms with Gasteiger partial charge < -0.3 is 20.1 Å². The first-order chi connectivity index (χ1) is 11.2. The number of halogens is 2. The van der Waals surface area contributed by atoms with E-state index in [9.17, 15) is 13.6 Å². The molecule has 0 saturated carbocycles. The van der Waals surface area contributed by atoms with Crippen LogP contribution < -0.4 is 15.4 Å². The Morgan fingerprint density at radius 2 is 1.83 bits per heavy atom. The average Bonchev–Trinajstić information content (AvgIpc) is 2.46. The lowest BCUT2D eigenvalue weighted by Gasteiger charge is -2.22. The van der Waals surface area contributed by atoms with Gasteiger partial charge in [0.15, 0.2) is 0 Å². The molecule has 1 aromatic rings. The van der Waals surface area contributed by atoms with Gasteiger partial charge in [-0.05, 0) is 44.9 Å². The van der Waals surface area contributed by atoms with Crippen LogP contribution in [-0.4, -0.2) is 30.9 Å². The van der Waals surface area contributed by atoms with Crippen LogP contribution in [0.25, 0.3) is 0 Å². The molecule has 0 radical (unpaired) electrons. The summed E-state index contributed by atoms with van der Waals surface area (Å²) < 4.78 is 33.7. The predicted octanol–water partition coefficient (Wildman–Crippen LogP) is 3.68. The smallest absolute Gasteiger partial charge is 0.407 e. The summed E-state index contributed by atoms with van der Waals surface area (Å²) in [6.45, 7) is 5.61. The molecule has 1 rings (SSSR count). The molecule has 0 fully saturated rings. The maximum Gasteiger partial charge on any atom is 0.407 e. The van der Waals surface area contributed by atoms with Gasteiger partial charge in [0.25, 0.3) is 0 Å². The molecular weight excluding hydrogens is 318 g/mol. The summed E-state index contributed by atoms with van der Waals surface area (Å²) in [4.78, 5) is 11.6. The first-order valence-corrected chi connectivity index (χ1v) is 7.93. The SMILES string of the molecule is CCC(CNC(=O)OC(C)(C)C)NCc1ccc(OC(F)F)cc1. The highest BCUT2D eigenvalue weighted by atomic mass is 19.3. The number of hydrogen-bond donors (Lipinski definition) is 2. The Morgan fingerprint density at radius 3 is 2.33 bits per heavy atom. The van der Waals surface area contributed by atoms with Crippen molar-refractivity contribution >= 4 is 6.09 Å². The molecule has 0 aliphatic heterocycles. The lowest BCUT2D eigenvalue weighted by atomic mass is 10.1. The fourth-order valence-corrected chi connectivity index (χ4v) is 1.93. The van der Waals surface area contributed by atoms with Crippen LogP contribution in [0.3, 0.4) is 0 Å². The lowest BCUT2D eigenvalue weighted by molar-refractivity contribution is -0.0498. The third-order valence-electron chi connectivity index (χ3n) is 3.13. The number of ether oxygens (including phenoxy) is 2. The number of alkyl halides is 2. The second-order valence-electron chi connectivity index (χ2n) is 6.39. The summed E-state index contributed by atoms with van der Waals surface area (Å²) in [6.07, 6.45) is 0.374. The highest BCUT2D eigenvalue weighted by Crippen LogP contribution is 2.15. The van der Waals surface area contributed by atoms with Gasteiger partial charge >= 0.3 is 12.7 Å². The number of hydrogen-bond acceptors (Lipinski definition) is 4. The molecule has 1 unspecified atom stereocenters. The quantitative estimate of drug-likeness (QED) is 0.755. The van der Waals surface area contributed by atoms with E-state index in [0.29, 0.717) is 13.1 Å². The highest BCUT2D eigenvalue weighted by molar-refractivity contribution is 5.67. The summed E-state index contributed by atoms with van der Waals surface area (Å²) in [6, 6.07) is 6.53. The lowest BCUT2D eigenvalue weighted by Crippen LogP contribution is -2.42. The number of benzene rings is 1. The normalized spacial score (nSPS) is 12.8. The van der Waals surface area contributed by atoms with E-state index in [2.05, 4.69) is 15.4 Å². The zero-order valence-electron chi connectivity index (χ0n) is 14.6. The van der Waals surface area contributed by atoms with Gasteiger partial charge in [0.1, 0.15) is 11.4 Å². The molecule has 136 valence electrons. The Hall–Kier alpha value is -1.89. The van der Waals surface area contributed by atoms with Gasteiger partial charge in [-0.25, -0.2) is 4.79 Å². The van der Waals surface area contributed by atoms with Crippen LogP contribution in [0.15, 0.2) is 24.3 Å². The molecule has 0 heterocycles. The zero-order valence-corrected chi connectivity index (χ0v) is 14.6. The van der Waals surface area contributed by atoms with Crippen LogP contribution in [0.4, 0.5) is 13.6 Å². The number of amides is 1. The van der Waals surface area contributed by atoms with Crippen molar-refractivity contribution in [2.45, 2.75) is 58.9 Å². The molecule has 1 amide bonds. The standard InChI is InChI=1S/C17H26F2N2O3/c1-5-13(11-21-16(22)24-17(2,3)4)20-10-12-6-8-14(9-7-12)23-15(18)19/h6-9,13,15,20H,5,10-11H2,1-4H3,(H,21,22). The van der Waals surface area contributed by atoms with Crippen LogP contribution in [0, 0.1) is 0 Å². The molecule has 24 heavy (non-hydrogen) atoms. The van der Waals surface area contributed by atoms with Crippen molar-refractivity contribution in [3.05, 3.63) is 29.8 Å². The largest absolute Gasteiger partial charge is 0.444 e. The highest BCUT2D eigenvalue weighted by Gasteiger charge is 2.16. The van der Waals surface area contributed by atoms with Gasteiger partial charge in [0, 0.05) is 19.1 Å². The molecule has 2 N–H and O–H groups in total. The second-order valence-corrected chi connectivity index (χ2v) is 6.39. The monoisotopic (exact) mass is 344 g/mol. The fraction of sp³-hybridized carbons (Fsp3) is 0.588. The van der Waals surface area contributed by atoms with E-state index in [1.54, 1.807) is 12.1 Å². The molecule has 1 atom stereocenters. The average molecular weight is 344 g/mol. The van der Waals surface area contributed by atoms with E-state index in [1.165, 1.54) is 12.1 Å². The predicted molar refractivity (Wildman–Crippen MR) is 88.2 cm³/mol. The maximum atomic E-state index is 12.1. The molecular formula is C17H26F2N2O3. The van der Waals surface area contributed by atoms with E-state index in [-0.39, 0.29) is 11.8 Å². The minimum atomic E-state index is -2.82. The molecule has 5 nitrogen and oxygen atoms in total. The number of alkyl carbamates (subject to hydrolysis) is 1. The van der Waals surface area contributed by atoms with E-state index in [4.69, 9.17) is 4.74 Å². The first-order valence-electron chi connectivity index (χ1n) is 7.93. The molecule has 0 bridgehead atoms. The van der Waals surface area contributed by atoms with Gasteiger partial charge in [-0.3, -0.25) is 0 Å². The summed E-state index contributed by atoms with van der Waals surface area (Å²) >= 11 is 0. The molecule has 7 heteroatoms. The summed E-state index contributed by atoms with van der Waals surface area (Å²) in [5.74, 6) is 0.132. The van der Waals surface area contributed by atoms with Crippen LogP contribution in [0.2, 0.25) is 0 Å². The minimum Gasteiger partial charge on any atom is -0.444 e. The Labute approximate surface area is 141 Å². The van der Waals surface area contributed by atoms with Gasteiger partial charge in [-0.15, -0.1) is 0 Å². The summed E-state index contributed by atoms with van der Waals surface area (Å²) in [5.41, 5.74) is 0.411. The van der Waals surface area contributed by atoms with Gasteiger partial charge in [0.2, 0.25) is 0 Å². The second kappa shape index (κ2) is 9.42. The van der Waals surface area contributed by atoms with Crippen LogP contribution in [0.1, 0.15) is 39.7 Å².